The summed E-state index contributed by atoms with van der Waals surface area (Å²) >= 11 is 0. The van der Waals surface area contributed by atoms with Crippen LogP contribution in [0.5, 0.6) is 5.75 Å². The van der Waals surface area contributed by atoms with Gasteiger partial charge in [-0.15, -0.1) is 0 Å². The highest BCUT2D eigenvalue weighted by Gasteiger charge is 2.41. The van der Waals surface area contributed by atoms with E-state index >= 15 is 0 Å². The zero-order chi connectivity index (χ0) is 18.1. The molecule has 0 saturated carbocycles. The van der Waals surface area contributed by atoms with E-state index in [1.807, 2.05) is 0 Å². The second kappa shape index (κ2) is 7.75. The van der Waals surface area contributed by atoms with Crippen LogP contribution in [0.25, 0.3) is 0 Å². The van der Waals surface area contributed by atoms with Gasteiger partial charge in [0.1, 0.15) is 12.4 Å². The molecule has 5 heteroatoms. The van der Waals surface area contributed by atoms with Crippen molar-refractivity contribution in [1.29, 1.82) is 0 Å². The first-order valence-electron chi connectivity index (χ1n) is 10.4. The summed E-state index contributed by atoms with van der Waals surface area (Å²) in [5.74, 6) is 2.49. The Kier molecular flexibility index (Phi) is 5.39. The molecule has 1 aromatic rings. The zero-order valence-electron chi connectivity index (χ0n) is 16.5. The normalized spacial score (nSPS) is 29.8. The molecule has 4 rings (SSSR count). The summed E-state index contributed by atoms with van der Waals surface area (Å²) in [5, 5.41) is 0. The molecule has 0 bridgehead atoms. The Hall–Kier alpha value is -1.30. The van der Waals surface area contributed by atoms with E-state index in [0.717, 1.165) is 31.4 Å². The molecule has 3 heterocycles. The molecule has 5 nitrogen and oxygen atoms in total. The van der Waals surface area contributed by atoms with Crippen LogP contribution in [0.3, 0.4) is 0 Å². The van der Waals surface area contributed by atoms with E-state index in [2.05, 4.69) is 59.7 Å². The number of rotatable bonds is 5. The second-order valence-electron chi connectivity index (χ2n) is 8.45. The molecule has 3 aliphatic heterocycles. The van der Waals surface area contributed by atoms with Crippen LogP contribution in [0.4, 0.5) is 5.69 Å². The molecule has 3 aliphatic rings. The Balaban J connectivity index is 1.41. The minimum absolute atomic E-state index is 0.600. The molecule has 4 atom stereocenters. The van der Waals surface area contributed by atoms with Crippen LogP contribution < -0.4 is 20.5 Å². The van der Waals surface area contributed by atoms with Gasteiger partial charge >= 0.3 is 0 Å². The maximum Gasteiger partial charge on any atom is 0.143 e. The molecule has 0 radical (unpaired) electrons. The Morgan fingerprint density at radius 1 is 1.27 bits per heavy atom. The van der Waals surface area contributed by atoms with Gasteiger partial charge in [0.05, 0.1) is 12.2 Å². The van der Waals surface area contributed by atoms with Crippen molar-refractivity contribution in [3.05, 3.63) is 23.8 Å². The van der Waals surface area contributed by atoms with E-state index in [-0.39, 0.29) is 0 Å². The lowest BCUT2D eigenvalue weighted by molar-refractivity contribution is 0.136. The molecule has 0 aliphatic carbocycles. The van der Waals surface area contributed by atoms with Gasteiger partial charge in [-0.3, -0.25) is 15.8 Å². The van der Waals surface area contributed by atoms with Crippen LogP contribution in [-0.4, -0.2) is 50.3 Å². The van der Waals surface area contributed by atoms with Gasteiger partial charge in [0.2, 0.25) is 0 Å². The van der Waals surface area contributed by atoms with E-state index < -0.39 is 0 Å². The number of fused-ring (bicyclic) bond motifs is 2. The molecular formula is C21H34N4O. The summed E-state index contributed by atoms with van der Waals surface area (Å²) in [7, 11) is 2.14. The molecule has 0 amide bonds. The number of ether oxygens (including phenoxy) is 1. The number of hydrogen-bond donors (Lipinski definition) is 2. The van der Waals surface area contributed by atoms with E-state index in [0.29, 0.717) is 18.0 Å². The van der Waals surface area contributed by atoms with E-state index in [1.54, 1.807) is 0 Å². The van der Waals surface area contributed by atoms with Crippen molar-refractivity contribution in [3.63, 3.8) is 0 Å². The average molecular weight is 359 g/mol. The third kappa shape index (κ3) is 3.57. The molecule has 1 aromatic carbocycles. The highest BCUT2D eigenvalue weighted by Crippen LogP contribution is 2.33. The van der Waals surface area contributed by atoms with Gasteiger partial charge in [0.15, 0.2) is 0 Å². The molecule has 2 N–H and O–H groups in total. The number of benzene rings is 1. The van der Waals surface area contributed by atoms with Crippen LogP contribution in [0.15, 0.2) is 18.2 Å². The molecule has 2 saturated heterocycles. The Morgan fingerprint density at radius 3 is 3.00 bits per heavy atom. The van der Waals surface area contributed by atoms with Crippen molar-refractivity contribution < 1.29 is 4.74 Å². The quantitative estimate of drug-likeness (QED) is 0.847. The van der Waals surface area contributed by atoms with Crippen LogP contribution >= 0.6 is 0 Å². The van der Waals surface area contributed by atoms with E-state index in [9.17, 15) is 0 Å². The van der Waals surface area contributed by atoms with Crippen molar-refractivity contribution in [3.8, 4) is 5.75 Å². The Bertz CT molecular complexity index is 622. The van der Waals surface area contributed by atoms with E-state index in [4.69, 9.17) is 4.74 Å². The van der Waals surface area contributed by atoms with Gasteiger partial charge in [-0.05, 0) is 36.5 Å². The van der Waals surface area contributed by atoms with Gasteiger partial charge in [-0.25, -0.2) is 0 Å². The SMILES string of the molecule is CCCC(C)C1NNC2CCN(Cc3ccc4c(c3)OCCN4C)CC21. The standard InChI is InChI=1S/C21H34N4O/c1-4-5-15(2)21-17-14-25(9-8-18(17)22-23-21)13-16-6-7-19-20(12-16)26-11-10-24(19)3/h6-7,12,15,17-18,21-23H,4-5,8-11,13-14H2,1-3H3. The fourth-order valence-corrected chi connectivity index (χ4v) is 5.01. The molecule has 2 fully saturated rings. The Labute approximate surface area is 158 Å². The number of likely N-dealkylation sites (tertiary alicyclic amines) is 1. The predicted molar refractivity (Wildman–Crippen MR) is 107 cm³/mol. The second-order valence-corrected chi connectivity index (χ2v) is 8.45. The van der Waals surface area contributed by atoms with Crippen LogP contribution in [0.2, 0.25) is 0 Å². The minimum Gasteiger partial charge on any atom is -0.490 e. The molecule has 144 valence electrons. The van der Waals surface area contributed by atoms with E-state index in [1.165, 1.54) is 43.6 Å². The Morgan fingerprint density at radius 2 is 2.15 bits per heavy atom. The molecule has 0 spiro atoms. The van der Waals surface area contributed by atoms with Gasteiger partial charge in [0, 0.05) is 44.7 Å². The number of nitrogens with zero attached hydrogens (tertiary/aromatic N) is 2. The van der Waals surface area contributed by atoms with Gasteiger partial charge in [-0.1, -0.05) is 26.3 Å². The highest BCUT2D eigenvalue weighted by molar-refractivity contribution is 5.60. The topological polar surface area (TPSA) is 39.8 Å². The summed E-state index contributed by atoms with van der Waals surface area (Å²) in [6, 6.07) is 7.98. The summed E-state index contributed by atoms with van der Waals surface area (Å²) < 4.78 is 5.89. The van der Waals surface area contributed by atoms with Gasteiger partial charge < -0.3 is 9.64 Å². The first-order valence-corrected chi connectivity index (χ1v) is 10.4. The maximum absolute atomic E-state index is 5.89. The lowest BCUT2D eigenvalue weighted by Crippen LogP contribution is -2.47. The minimum atomic E-state index is 0.600. The molecular weight excluding hydrogens is 324 g/mol. The lowest BCUT2D eigenvalue weighted by atomic mass is 9.81. The van der Waals surface area contributed by atoms with Crippen LogP contribution in [-0.2, 0) is 6.54 Å². The van der Waals surface area contributed by atoms with Crippen molar-refractivity contribution in [1.82, 2.24) is 15.8 Å². The van der Waals surface area contributed by atoms with Crippen molar-refractivity contribution in [2.75, 3.05) is 38.2 Å². The maximum atomic E-state index is 5.89. The summed E-state index contributed by atoms with van der Waals surface area (Å²) in [4.78, 5) is 4.92. The number of hydrazine groups is 1. The first kappa shape index (κ1) is 18.1. The van der Waals surface area contributed by atoms with Gasteiger partial charge in [0.25, 0.3) is 0 Å². The van der Waals surface area contributed by atoms with Crippen LogP contribution in [0, 0.1) is 11.8 Å². The fourth-order valence-electron chi connectivity index (χ4n) is 5.01. The summed E-state index contributed by atoms with van der Waals surface area (Å²) in [5.41, 5.74) is 9.78. The third-order valence-electron chi connectivity index (χ3n) is 6.52. The summed E-state index contributed by atoms with van der Waals surface area (Å²) in [6.45, 7) is 9.83. The smallest absolute Gasteiger partial charge is 0.143 e. The first-order chi connectivity index (χ1) is 12.7. The van der Waals surface area contributed by atoms with Crippen molar-refractivity contribution in [2.24, 2.45) is 11.8 Å². The molecule has 0 aromatic heterocycles. The number of anilines is 1. The molecule has 26 heavy (non-hydrogen) atoms. The zero-order valence-corrected chi connectivity index (χ0v) is 16.5. The van der Waals surface area contributed by atoms with Crippen molar-refractivity contribution >= 4 is 5.69 Å². The lowest BCUT2D eigenvalue weighted by Gasteiger charge is -2.37. The number of hydrogen-bond acceptors (Lipinski definition) is 5. The number of piperidine rings is 1. The third-order valence-corrected chi connectivity index (χ3v) is 6.52. The summed E-state index contributed by atoms with van der Waals surface area (Å²) in [6.07, 6.45) is 3.81. The predicted octanol–water partition coefficient (Wildman–Crippen LogP) is 2.62. The highest BCUT2D eigenvalue weighted by atomic mass is 16.5. The fraction of sp³-hybridized carbons (Fsp3) is 0.714. The average Bonchev–Trinajstić information content (AvgIpc) is 3.05. The van der Waals surface area contributed by atoms with Crippen molar-refractivity contribution in [2.45, 2.75) is 51.7 Å². The number of likely N-dealkylation sites (N-methyl/N-ethyl adjacent to an activating group) is 1. The monoisotopic (exact) mass is 358 g/mol. The van der Waals surface area contributed by atoms with Crippen LogP contribution in [0.1, 0.15) is 38.7 Å². The molecule has 4 unspecified atom stereocenters. The van der Waals surface area contributed by atoms with Gasteiger partial charge in [-0.2, -0.15) is 0 Å². The largest absolute Gasteiger partial charge is 0.490 e. The number of nitrogens with one attached hydrogen (secondary N) is 2.